The molecule has 2 heterocycles. The summed E-state index contributed by atoms with van der Waals surface area (Å²) in [4.78, 5) is 13.0. The van der Waals surface area contributed by atoms with Gasteiger partial charge in [0.25, 0.3) is 0 Å². The quantitative estimate of drug-likeness (QED) is 0.580. The van der Waals surface area contributed by atoms with Crippen LogP contribution >= 0.6 is 0 Å². The summed E-state index contributed by atoms with van der Waals surface area (Å²) in [5, 5.41) is 0. The highest BCUT2D eigenvalue weighted by atomic mass is 16.7. The van der Waals surface area contributed by atoms with E-state index in [9.17, 15) is 4.79 Å². The fourth-order valence-corrected chi connectivity index (χ4v) is 3.90. The summed E-state index contributed by atoms with van der Waals surface area (Å²) >= 11 is 0. The maximum atomic E-state index is 13.0. The summed E-state index contributed by atoms with van der Waals surface area (Å²) in [6, 6.07) is 23.3. The van der Waals surface area contributed by atoms with Crippen LogP contribution < -0.4 is 14.2 Å². The van der Waals surface area contributed by atoms with Crippen LogP contribution in [0.25, 0.3) is 5.57 Å². The Labute approximate surface area is 174 Å². The second-order valence-electron chi connectivity index (χ2n) is 7.19. The van der Waals surface area contributed by atoms with Gasteiger partial charge in [-0.15, -0.1) is 0 Å². The van der Waals surface area contributed by atoms with Crippen molar-refractivity contribution in [3.63, 3.8) is 0 Å². The average molecular weight is 400 g/mol. The Morgan fingerprint density at radius 1 is 0.933 bits per heavy atom. The lowest BCUT2D eigenvalue weighted by molar-refractivity contribution is -0.138. The summed E-state index contributed by atoms with van der Waals surface area (Å²) in [6.07, 6.45) is 0.150. The largest absolute Gasteiger partial charge is 0.497 e. The van der Waals surface area contributed by atoms with E-state index in [1.165, 1.54) is 0 Å². The topological polar surface area (TPSA) is 54.0 Å². The monoisotopic (exact) mass is 400 g/mol. The molecule has 5 heteroatoms. The minimum Gasteiger partial charge on any atom is -0.497 e. The molecule has 5 rings (SSSR count). The van der Waals surface area contributed by atoms with E-state index < -0.39 is 6.10 Å². The van der Waals surface area contributed by atoms with Gasteiger partial charge in [-0.05, 0) is 52.9 Å². The van der Waals surface area contributed by atoms with E-state index >= 15 is 0 Å². The molecule has 30 heavy (non-hydrogen) atoms. The van der Waals surface area contributed by atoms with Crippen LogP contribution in [0.3, 0.4) is 0 Å². The zero-order chi connectivity index (χ0) is 20.5. The Morgan fingerprint density at radius 2 is 1.70 bits per heavy atom. The van der Waals surface area contributed by atoms with E-state index in [1.807, 2.05) is 60.7 Å². The lowest BCUT2D eigenvalue weighted by Crippen LogP contribution is -2.05. The smallest absolute Gasteiger partial charge is 0.339 e. The molecule has 0 spiro atoms. The number of cyclic esters (lactones) is 1. The van der Waals surface area contributed by atoms with Gasteiger partial charge in [0.05, 0.1) is 12.7 Å². The third kappa shape index (κ3) is 3.28. The van der Waals surface area contributed by atoms with Crippen molar-refractivity contribution in [2.24, 2.45) is 0 Å². The number of benzene rings is 3. The molecule has 2 aliphatic rings. The molecule has 0 aromatic heterocycles. The predicted octanol–water partition coefficient (Wildman–Crippen LogP) is 4.72. The van der Waals surface area contributed by atoms with Crippen molar-refractivity contribution in [3.05, 3.63) is 95.1 Å². The molecule has 0 bridgehead atoms. The number of hydrogen-bond donors (Lipinski definition) is 0. The molecule has 0 saturated heterocycles. The molecule has 1 unspecified atom stereocenters. The first kappa shape index (κ1) is 18.3. The Balaban J connectivity index is 1.61. The van der Waals surface area contributed by atoms with E-state index in [4.69, 9.17) is 18.9 Å². The van der Waals surface area contributed by atoms with Crippen LogP contribution in [0, 0.1) is 0 Å². The Bertz CT molecular complexity index is 1120. The van der Waals surface area contributed by atoms with Crippen LogP contribution in [0.5, 0.6) is 17.2 Å². The second-order valence-corrected chi connectivity index (χ2v) is 7.19. The molecule has 2 aliphatic heterocycles. The number of fused-ring (bicyclic) bond motifs is 1. The van der Waals surface area contributed by atoms with Gasteiger partial charge in [0.1, 0.15) is 11.9 Å². The van der Waals surface area contributed by atoms with Crippen molar-refractivity contribution in [1.29, 1.82) is 0 Å². The highest BCUT2D eigenvalue weighted by Gasteiger charge is 2.36. The van der Waals surface area contributed by atoms with E-state index in [2.05, 4.69) is 12.1 Å². The zero-order valence-electron chi connectivity index (χ0n) is 16.5. The number of ether oxygens (including phenoxy) is 4. The van der Waals surface area contributed by atoms with Crippen molar-refractivity contribution in [1.82, 2.24) is 0 Å². The van der Waals surface area contributed by atoms with Crippen LogP contribution in [-0.4, -0.2) is 19.9 Å². The van der Waals surface area contributed by atoms with Crippen molar-refractivity contribution in [2.75, 3.05) is 13.9 Å². The predicted molar refractivity (Wildman–Crippen MR) is 111 cm³/mol. The standard InChI is InChI=1S/C25H20O5/c1-27-19-10-7-17(8-11-19)24-20(13-16-5-3-2-4-6-16)23(25(26)30-24)18-9-12-21-22(14-18)29-15-28-21/h2-12,14,24H,13,15H2,1H3. The highest BCUT2D eigenvalue weighted by Crippen LogP contribution is 2.44. The number of carbonyl (C=O) groups is 1. The van der Waals surface area contributed by atoms with Crippen LogP contribution in [0.2, 0.25) is 0 Å². The fraction of sp³-hybridized carbons (Fsp3) is 0.160. The number of carbonyl (C=O) groups excluding carboxylic acids is 1. The van der Waals surface area contributed by atoms with Crippen molar-refractivity contribution in [2.45, 2.75) is 12.5 Å². The number of rotatable bonds is 5. The molecule has 0 amide bonds. The summed E-state index contributed by atoms with van der Waals surface area (Å²) in [7, 11) is 1.63. The van der Waals surface area contributed by atoms with Crippen molar-refractivity contribution < 1.29 is 23.7 Å². The van der Waals surface area contributed by atoms with Gasteiger partial charge in [-0.3, -0.25) is 0 Å². The van der Waals surface area contributed by atoms with Crippen molar-refractivity contribution >= 4 is 11.5 Å². The Hall–Kier alpha value is -3.73. The van der Waals surface area contributed by atoms with Gasteiger partial charge in [0, 0.05) is 0 Å². The summed E-state index contributed by atoms with van der Waals surface area (Å²) in [5.41, 5.74) is 4.30. The molecule has 0 radical (unpaired) electrons. The molecular weight excluding hydrogens is 380 g/mol. The lowest BCUT2D eigenvalue weighted by atomic mass is 9.90. The van der Waals surface area contributed by atoms with Crippen LogP contribution in [0.1, 0.15) is 22.8 Å². The summed E-state index contributed by atoms with van der Waals surface area (Å²) in [5.74, 6) is 1.75. The van der Waals surface area contributed by atoms with E-state index in [1.54, 1.807) is 7.11 Å². The Morgan fingerprint density at radius 3 is 2.47 bits per heavy atom. The van der Waals surface area contributed by atoms with Crippen LogP contribution in [0.4, 0.5) is 0 Å². The lowest BCUT2D eigenvalue weighted by Gasteiger charge is -2.15. The molecule has 3 aromatic carbocycles. The molecule has 150 valence electrons. The van der Waals surface area contributed by atoms with E-state index in [0.29, 0.717) is 23.5 Å². The van der Waals surface area contributed by atoms with Gasteiger partial charge in [0.2, 0.25) is 6.79 Å². The molecular formula is C25H20O5. The summed E-state index contributed by atoms with van der Waals surface area (Å²) in [6.45, 7) is 0.188. The normalized spacial score (nSPS) is 17.2. The third-order valence-corrected chi connectivity index (χ3v) is 5.38. The van der Waals surface area contributed by atoms with Gasteiger partial charge >= 0.3 is 5.97 Å². The van der Waals surface area contributed by atoms with Gasteiger partial charge in [-0.25, -0.2) is 4.79 Å². The minimum atomic E-state index is -0.455. The molecule has 0 N–H and O–H groups in total. The third-order valence-electron chi connectivity index (χ3n) is 5.38. The second kappa shape index (κ2) is 7.59. The van der Waals surface area contributed by atoms with Gasteiger partial charge in [-0.2, -0.15) is 0 Å². The first-order valence-electron chi connectivity index (χ1n) is 9.75. The molecule has 5 nitrogen and oxygen atoms in total. The molecule has 0 saturated carbocycles. The average Bonchev–Trinajstić information content (AvgIpc) is 3.38. The maximum Gasteiger partial charge on any atom is 0.339 e. The molecule has 0 aliphatic carbocycles. The molecule has 1 atom stereocenters. The molecule has 0 fully saturated rings. The Kier molecular flexibility index (Phi) is 4.64. The zero-order valence-corrected chi connectivity index (χ0v) is 16.5. The first-order chi connectivity index (χ1) is 14.7. The van der Waals surface area contributed by atoms with Gasteiger partial charge in [-0.1, -0.05) is 48.5 Å². The molecule has 3 aromatic rings. The number of methoxy groups -OCH3 is 1. The van der Waals surface area contributed by atoms with Crippen molar-refractivity contribution in [3.8, 4) is 17.2 Å². The van der Waals surface area contributed by atoms with E-state index in [0.717, 1.165) is 28.0 Å². The van der Waals surface area contributed by atoms with E-state index in [-0.39, 0.29) is 12.8 Å². The van der Waals surface area contributed by atoms with Crippen LogP contribution in [0.15, 0.2) is 78.4 Å². The first-order valence-corrected chi connectivity index (χ1v) is 9.75. The fourth-order valence-electron chi connectivity index (χ4n) is 3.90. The number of esters is 1. The SMILES string of the molecule is COc1ccc(C2OC(=O)C(c3ccc4c(c3)OCO4)=C2Cc2ccccc2)cc1. The number of hydrogen-bond acceptors (Lipinski definition) is 5. The maximum absolute atomic E-state index is 13.0. The van der Waals surface area contributed by atoms with Gasteiger partial charge in [0.15, 0.2) is 11.5 Å². The minimum absolute atomic E-state index is 0.188. The summed E-state index contributed by atoms with van der Waals surface area (Å²) < 4.78 is 22.1. The van der Waals surface area contributed by atoms with Crippen LogP contribution in [-0.2, 0) is 16.0 Å². The van der Waals surface area contributed by atoms with Gasteiger partial charge < -0.3 is 18.9 Å². The highest BCUT2D eigenvalue weighted by molar-refractivity contribution is 6.20.